The number of hydrogen-bond acceptors (Lipinski definition) is 4. The molecule has 2 aliphatic heterocycles. The van der Waals surface area contributed by atoms with Gasteiger partial charge in [0.2, 0.25) is 11.8 Å². The van der Waals surface area contributed by atoms with Crippen LogP contribution in [0.3, 0.4) is 0 Å². The van der Waals surface area contributed by atoms with Crippen LogP contribution >= 0.6 is 11.6 Å². The smallest absolute Gasteiger partial charge is 0.227 e. The van der Waals surface area contributed by atoms with Crippen LogP contribution in [0.5, 0.6) is 11.5 Å². The molecule has 1 fully saturated rings. The van der Waals surface area contributed by atoms with Crippen molar-refractivity contribution >= 4 is 23.4 Å². The fourth-order valence-electron chi connectivity index (χ4n) is 3.39. The first-order chi connectivity index (χ1) is 12.0. The number of ether oxygens (including phenoxy) is 2. The molecule has 0 aliphatic carbocycles. The number of halogens is 1. The summed E-state index contributed by atoms with van der Waals surface area (Å²) in [5, 5.41) is 0.514. The average Bonchev–Trinajstić information content (AvgIpc) is 2.61. The van der Waals surface area contributed by atoms with Gasteiger partial charge in [0.25, 0.3) is 0 Å². The lowest BCUT2D eigenvalue weighted by Gasteiger charge is -2.33. The fourth-order valence-corrected chi connectivity index (χ4v) is 3.61. The molecule has 7 heteroatoms. The topological polar surface area (TPSA) is 81.9 Å². The van der Waals surface area contributed by atoms with Crippen LogP contribution < -0.4 is 15.2 Å². The van der Waals surface area contributed by atoms with Crippen molar-refractivity contribution in [3.8, 4) is 11.5 Å². The maximum Gasteiger partial charge on any atom is 0.227 e. The molecule has 0 aromatic heterocycles. The van der Waals surface area contributed by atoms with Crippen LogP contribution in [0.2, 0.25) is 5.02 Å². The normalized spacial score (nSPS) is 19.6. The van der Waals surface area contributed by atoms with Gasteiger partial charge in [-0.2, -0.15) is 0 Å². The highest BCUT2D eigenvalue weighted by Crippen LogP contribution is 2.35. The van der Waals surface area contributed by atoms with Crippen LogP contribution in [-0.4, -0.2) is 43.0 Å². The minimum absolute atomic E-state index is 0.0438. The first-order valence-corrected chi connectivity index (χ1v) is 9.05. The van der Waals surface area contributed by atoms with Gasteiger partial charge < -0.3 is 20.1 Å². The number of primary amides is 1. The van der Waals surface area contributed by atoms with Gasteiger partial charge in [-0.05, 0) is 36.8 Å². The van der Waals surface area contributed by atoms with Gasteiger partial charge in [-0.25, -0.2) is 0 Å². The Hall–Kier alpha value is -1.95. The zero-order valence-electron chi connectivity index (χ0n) is 14.1. The maximum absolute atomic E-state index is 12.7. The third kappa shape index (κ3) is 4.57. The molecule has 0 saturated carbocycles. The quantitative estimate of drug-likeness (QED) is 0.865. The summed E-state index contributed by atoms with van der Waals surface area (Å²) < 4.78 is 11.1. The Morgan fingerprint density at radius 1 is 1.24 bits per heavy atom. The molecule has 3 rings (SSSR count). The number of carbonyl (C=O) groups excluding carboxylic acids is 2. The van der Waals surface area contributed by atoms with Crippen LogP contribution in [0.15, 0.2) is 12.1 Å². The Morgan fingerprint density at radius 3 is 2.68 bits per heavy atom. The van der Waals surface area contributed by atoms with E-state index >= 15 is 0 Å². The predicted octanol–water partition coefficient (Wildman–Crippen LogP) is 2.16. The second kappa shape index (κ2) is 7.95. The molecule has 1 atom stereocenters. The van der Waals surface area contributed by atoms with Crippen molar-refractivity contribution in [3.63, 3.8) is 0 Å². The molecule has 1 saturated heterocycles. The monoisotopic (exact) mass is 366 g/mol. The van der Waals surface area contributed by atoms with Crippen molar-refractivity contribution in [2.75, 3.05) is 26.3 Å². The summed E-state index contributed by atoms with van der Waals surface area (Å²) in [7, 11) is 0. The molecule has 2 heterocycles. The molecule has 1 aromatic rings. The summed E-state index contributed by atoms with van der Waals surface area (Å²) >= 11 is 6.30. The van der Waals surface area contributed by atoms with Gasteiger partial charge in [-0.15, -0.1) is 0 Å². The van der Waals surface area contributed by atoms with Gasteiger partial charge in [-0.3, -0.25) is 9.59 Å². The Morgan fingerprint density at radius 2 is 1.96 bits per heavy atom. The number of piperidine rings is 1. The summed E-state index contributed by atoms with van der Waals surface area (Å²) in [5.74, 6) is 1.35. The second-order valence-electron chi connectivity index (χ2n) is 6.62. The molecule has 25 heavy (non-hydrogen) atoms. The molecule has 2 amide bonds. The maximum atomic E-state index is 12.7. The molecule has 1 unspecified atom stereocenters. The fraction of sp³-hybridized carbons (Fsp3) is 0.556. The Balaban J connectivity index is 1.62. The molecule has 0 bridgehead atoms. The summed E-state index contributed by atoms with van der Waals surface area (Å²) in [5.41, 5.74) is 5.97. The zero-order valence-corrected chi connectivity index (χ0v) is 14.9. The largest absolute Gasteiger partial charge is 0.486 e. The van der Waals surface area contributed by atoms with E-state index in [0.29, 0.717) is 48.6 Å². The van der Waals surface area contributed by atoms with Gasteiger partial charge in [0, 0.05) is 30.6 Å². The number of nitrogens with two attached hydrogens (primary N) is 1. The lowest BCUT2D eigenvalue weighted by molar-refractivity contribution is -0.132. The SMILES string of the molecule is NC(=O)CCC1CCCN(C(=O)Cc2cc3c(cc2Cl)OCCO3)C1. The minimum Gasteiger partial charge on any atom is -0.486 e. The van der Waals surface area contributed by atoms with Crippen LogP contribution in [0.4, 0.5) is 0 Å². The number of likely N-dealkylation sites (tertiary alicyclic amines) is 1. The number of nitrogens with zero attached hydrogens (tertiary/aromatic N) is 1. The highest BCUT2D eigenvalue weighted by molar-refractivity contribution is 6.31. The van der Waals surface area contributed by atoms with Gasteiger partial charge >= 0.3 is 0 Å². The van der Waals surface area contributed by atoms with Crippen molar-refractivity contribution in [2.24, 2.45) is 11.7 Å². The van der Waals surface area contributed by atoms with Crippen molar-refractivity contribution in [1.29, 1.82) is 0 Å². The van der Waals surface area contributed by atoms with Crippen LogP contribution in [-0.2, 0) is 16.0 Å². The van der Waals surface area contributed by atoms with E-state index < -0.39 is 0 Å². The first-order valence-electron chi connectivity index (χ1n) is 8.67. The molecule has 1 aromatic carbocycles. The lowest BCUT2D eigenvalue weighted by Crippen LogP contribution is -2.41. The van der Waals surface area contributed by atoms with E-state index in [9.17, 15) is 9.59 Å². The van der Waals surface area contributed by atoms with E-state index in [0.717, 1.165) is 31.4 Å². The van der Waals surface area contributed by atoms with Gasteiger partial charge in [0.15, 0.2) is 11.5 Å². The molecule has 136 valence electrons. The average molecular weight is 367 g/mol. The van der Waals surface area contributed by atoms with Gasteiger partial charge in [0.1, 0.15) is 13.2 Å². The van der Waals surface area contributed by atoms with E-state index in [2.05, 4.69) is 0 Å². The number of hydrogen-bond donors (Lipinski definition) is 1. The van der Waals surface area contributed by atoms with Gasteiger partial charge in [0.05, 0.1) is 6.42 Å². The number of carbonyl (C=O) groups is 2. The standard InChI is InChI=1S/C18H23ClN2O4/c19-14-10-16-15(24-6-7-25-16)8-13(14)9-18(23)21-5-1-2-12(11-21)3-4-17(20)22/h8,10,12H,1-7,9,11H2,(H2,20,22). The number of fused-ring (bicyclic) bond motifs is 1. The van der Waals surface area contributed by atoms with E-state index in [1.54, 1.807) is 12.1 Å². The van der Waals surface area contributed by atoms with E-state index in [1.807, 2.05) is 4.90 Å². The van der Waals surface area contributed by atoms with Crippen LogP contribution in [0.1, 0.15) is 31.2 Å². The second-order valence-corrected chi connectivity index (χ2v) is 7.02. The minimum atomic E-state index is -0.286. The predicted molar refractivity (Wildman–Crippen MR) is 93.9 cm³/mol. The van der Waals surface area contributed by atoms with Gasteiger partial charge in [-0.1, -0.05) is 11.6 Å². The lowest BCUT2D eigenvalue weighted by atomic mass is 9.93. The summed E-state index contributed by atoms with van der Waals surface area (Å²) in [6.45, 7) is 2.42. The van der Waals surface area contributed by atoms with E-state index in [1.165, 1.54) is 0 Å². The zero-order chi connectivity index (χ0) is 17.8. The molecule has 0 spiro atoms. The highest BCUT2D eigenvalue weighted by Gasteiger charge is 2.25. The molecular formula is C18H23ClN2O4. The van der Waals surface area contributed by atoms with Crippen molar-refractivity contribution in [1.82, 2.24) is 4.90 Å². The van der Waals surface area contributed by atoms with Crippen molar-refractivity contribution in [2.45, 2.75) is 32.1 Å². The Bertz CT molecular complexity index is 665. The Kier molecular flexibility index (Phi) is 5.68. The van der Waals surface area contributed by atoms with E-state index in [-0.39, 0.29) is 18.2 Å². The first kappa shape index (κ1) is 17.9. The Labute approximate surface area is 152 Å². The number of benzene rings is 1. The summed E-state index contributed by atoms with van der Waals surface area (Å²) in [4.78, 5) is 25.5. The number of rotatable bonds is 5. The summed E-state index contributed by atoms with van der Waals surface area (Å²) in [6.07, 6.45) is 3.33. The van der Waals surface area contributed by atoms with Crippen LogP contribution in [0, 0.1) is 5.92 Å². The van der Waals surface area contributed by atoms with Crippen molar-refractivity contribution < 1.29 is 19.1 Å². The molecule has 2 N–H and O–H groups in total. The summed E-state index contributed by atoms with van der Waals surface area (Å²) in [6, 6.07) is 3.51. The molecule has 0 radical (unpaired) electrons. The van der Waals surface area contributed by atoms with Crippen molar-refractivity contribution in [3.05, 3.63) is 22.7 Å². The third-order valence-corrected chi connectivity index (χ3v) is 5.08. The third-order valence-electron chi connectivity index (χ3n) is 4.72. The molecule has 2 aliphatic rings. The number of amides is 2. The molecule has 6 nitrogen and oxygen atoms in total. The van der Waals surface area contributed by atoms with E-state index in [4.69, 9.17) is 26.8 Å². The van der Waals surface area contributed by atoms with Crippen LogP contribution in [0.25, 0.3) is 0 Å². The molecular weight excluding hydrogens is 344 g/mol. The highest BCUT2D eigenvalue weighted by atomic mass is 35.5.